The number of ether oxygens (including phenoxy) is 1. The van der Waals surface area contributed by atoms with Crippen LogP contribution in [0, 0.1) is 6.92 Å². The van der Waals surface area contributed by atoms with Crippen molar-refractivity contribution in [3.63, 3.8) is 0 Å². The van der Waals surface area contributed by atoms with E-state index in [0.717, 1.165) is 5.69 Å². The van der Waals surface area contributed by atoms with E-state index in [1.165, 1.54) is 7.11 Å². The Morgan fingerprint density at radius 1 is 1.04 bits per heavy atom. The number of hydrogen-bond acceptors (Lipinski definition) is 4. The Morgan fingerprint density at radius 2 is 1.69 bits per heavy atom. The molecule has 0 spiro atoms. The lowest BCUT2D eigenvalue weighted by molar-refractivity contribution is 0.0757. The van der Waals surface area contributed by atoms with Crippen LogP contribution in [0.1, 0.15) is 22.5 Å². The van der Waals surface area contributed by atoms with Crippen molar-refractivity contribution in [1.82, 2.24) is 19.4 Å². The van der Waals surface area contributed by atoms with E-state index in [1.807, 2.05) is 6.92 Å². The largest absolute Gasteiger partial charge is 0.453 e. The molecule has 0 unspecified atom stereocenters. The molecule has 8 heteroatoms. The maximum absolute atomic E-state index is 12.7. The minimum atomic E-state index is -0.365. The molecule has 1 aromatic heterocycles. The molecule has 1 N–H and O–H groups in total. The van der Waals surface area contributed by atoms with Gasteiger partial charge in [-0.05, 0) is 37.6 Å². The molecule has 1 aliphatic heterocycles. The first-order valence-electron chi connectivity index (χ1n) is 8.51. The van der Waals surface area contributed by atoms with Gasteiger partial charge in [0.1, 0.15) is 0 Å². The van der Waals surface area contributed by atoms with Gasteiger partial charge in [-0.25, -0.2) is 9.59 Å². The van der Waals surface area contributed by atoms with E-state index >= 15 is 0 Å². The van der Waals surface area contributed by atoms with Gasteiger partial charge in [0.2, 0.25) is 0 Å². The summed E-state index contributed by atoms with van der Waals surface area (Å²) in [5.41, 5.74) is 1.85. The molecule has 26 heavy (non-hydrogen) atoms. The lowest BCUT2D eigenvalue weighted by atomic mass is 10.1. The summed E-state index contributed by atoms with van der Waals surface area (Å²) >= 11 is 0. The molecule has 0 bridgehead atoms. The van der Waals surface area contributed by atoms with Gasteiger partial charge >= 0.3 is 11.8 Å². The van der Waals surface area contributed by atoms with Crippen LogP contribution in [0.4, 0.5) is 4.79 Å². The highest BCUT2D eigenvalue weighted by molar-refractivity contribution is 5.94. The second-order valence-corrected chi connectivity index (χ2v) is 6.22. The molecule has 1 saturated heterocycles. The summed E-state index contributed by atoms with van der Waals surface area (Å²) in [6, 6.07) is 6.96. The first-order chi connectivity index (χ1) is 12.5. The molecule has 1 aromatic carbocycles. The van der Waals surface area contributed by atoms with E-state index in [0.29, 0.717) is 43.9 Å². The summed E-state index contributed by atoms with van der Waals surface area (Å²) in [7, 11) is 1.36. The molecule has 2 heterocycles. The van der Waals surface area contributed by atoms with Crippen LogP contribution in [0.2, 0.25) is 0 Å². The van der Waals surface area contributed by atoms with E-state index in [2.05, 4.69) is 4.98 Å². The molecule has 1 aliphatic rings. The predicted octanol–water partition coefficient (Wildman–Crippen LogP) is 1.39. The highest BCUT2D eigenvalue weighted by atomic mass is 16.5. The molecular weight excluding hydrogens is 336 g/mol. The smallest absolute Gasteiger partial charge is 0.409 e. The van der Waals surface area contributed by atoms with Crippen molar-refractivity contribution in [3.05, 3.63) is 52.2 Å². The van der Waals surface area contributed by atoms with Gasteiger partial charge in [0.15, 0.2) is 0 Å². The molecule has 2 aromatic rings. The molecule has 0 saturated carbocycles. The maximum Gasteiger partial charge on any atom is 0.409 e. The number of hydrogen-bond donors (Lipinski definition) is 1. The zero-order valence-electron chi connectivity index (χ0n) is 14.9. The summed E-state index contributed by atoms with van der Waals surface area (Å²) in [6.07, 6.45) is 1.98. The number of benzene rings is 1. The summed E-state index contributed by atoms with van der Waals surface area (Å²) in [5, 5.41) is 0. The standard InChI is InChI=1S/C18H22N4O4/c1-13-12-19-17(24)22(13)15-6-4-14(5-7-15)16(23)20-8-3-9-21(11-10-20)18(25)26-2/h4-7,12H,3,8-11H2,1-2H3,(H,19,24). The molecule has 0 radical (unpaired) electrons. The second kappa shape index (κ2) is 7.47. The Balaban J connectivity index is 1.72. The van der Waals surface area contributed by atoms with Gasteiger partial charge < -0.3 is 19.5 Å². The van der Waals surface area contributed by atoms with E-state index < -0.39 is 0 Å². The van der Waals surface area contributed by atoms with Crippen LogP contribution in [-0.2, 0) is 4.74 Å². The number of nitrogens with one attached hydrogen (secondary N) is 1. The van der Waals surface area contributed by atoms with E-state index in [-0.39, 0.29) is 17.7 Å². The molecular formula is C18H22N4O4. The highest BCUT2D eigenvalue weighted by Gasteiger charge is 2.23. The molecule has 138 valence electrons. The predicted molar refractivity (Wildman–Crippen MR) is 95.6 cm³/mol. The number of carbonyl (C=O) groups excluding carboxylic acids is 2. The van der Waals surface area contributed by atoms with Gasteiger partial charge in [0.25, 0.3) is 5.91 Å². The summed E-state index contributed by atoms with van der Waals surface area (Å²) in [6.45, 7) is 3.91. The molecule has 0 atom stereocenters. The summed E-state index contributed by atoms with van der Waals surface area (Å²) in [5.74, 6) is -0.0820. The minimum Gasteiger partial charge on any atom is -0.453 e. The Kier molecular flexibility index (Phi) is 5.11. The van der Waals surface area contributed by atoms with Crippen LogP contribution in [0.15, 0.2) is 35.3 Å². The van der Waals surface area contributed by atoms with Crippen LogP contribution in [0.3, 0.4) is 0 Å². The lowest BCUT2D eigenvalue weighted by Gasteiger charge is -2.21. The Labute approximate surface area is 151 Å². The zero-order valence-corrected chi connectivity index (χ0v) is 14.9. The van der Waals surface area contributed by atoms with Crippen molar-refractivity contribution in [2.45, 2.75) is 13.3 Å². The first-order valence-corrected chi connectivity index (χ1v) is 8.51. The van der Waals surface area contributed by atoms with E-state index in [9.17, 15) is 14.4 Å². The van der Waals surface area contributed by atoms with Gasteiger partial charge in [-0.15, -0.1) is 0 Å². The van der Waals surface area contributed by atoms with Crippen molar-refractivity contribution in [2.24, 2.45) is 0 Å². The van der Waals surface area contributed by atoms with Crippen LogP contribution in [-0.4, -0.2) is 64.6 Å². The molecule has 3 rings (SSSR count). The van der Waals surface area contributed by atoms with Crippen molar-refractivity contribution >= 4 is 12.0 Å². The Bertz CT molecular complexity index is 853. The number of imidazole rings is 1. The van der Waals surface area contributed by atoms with Gasteiger partial charge in [-0.3, -0.25) is 9.36 Å². The number of aromatic nitrogens is 2. The second-order valence-electron chi connectivity index (χ2n) is 6.22. The van der Waals surface area contributed by atoms with Crippen molar-refractivity contribution in [2.75, 3.05) is 33.3 Å². The monoisotopic (exact) mass is 358 g/mol. The van der Waals surface area contributed by atoms with Gasteiger partial charge in [-0.2, -0.15) is 0 Å². The molecule has 1 fully saturated rings. The molecule has 0 aliphatic carbocycles. The summed E-state index contributed by atoms with van der Waals surface area (Å²) < 4.78 is 6.30. The van der Waals surface area contributed by atoms with Gasteiger partial charge in [0.05, 0.1) is 12.8 Å². The third kappa shape index (κ3) is 3.49. The summed E-state index contributed by atoms with van der Waals surface area (Å²) in [4.78, 5) is 42.2. The average Bonchev–Trinajstić information content (AvgIpc) is 2.86. The number of amides is 2. The lowest BCUT2D eigenvalue weighted by Crippen LogP contribution is -2.37. The number of nitrogens with zero attached hydrogens (tertiary/aromatic N) is 3. The Hall–Kier alpha value is -3.03. The SMILES string of the molecule is COC(=O)N1CCCN(C(=O)c2ccc(-n3c(C)c[nH]c3=O)cc2)CC1. The third-order valence-corrected chi connectivity index (χ3v) is 4.55. The van der Waals surface area contributed by atoms with Crippen LogP contribution >= 0.6 is 0 Å². The van der Waals surface area contributed by atoms with Gasteiger partial charge in [-0.1, -0.05) is 0 Å². The Morgan fingerprint density at radius 3 is 2.31 bits per heavy atom. The quantitative estimate of drug-likeness (QED) is 0.879. The molecule has 2 amide bonds. The third-order valence-electron chi connectivity index (χ3n) is 4.55. The topological polar surface area (TPSA) is 87.6 Å². The fourth-order valence-corrected chi connectivity index (χ4v) is 3.14. The van der Waals surface area contributed by atoms with E-state index in [1.54, 1.807) is 44.8 Å². The van der Waals surface area contributed by atoms with Crippen molar-refractivity contribution in [3.8, 4) is 5.69 Å². The van der Waals surface area contributed by atoms with E-state index in [4.69, 9.17) is 4.74 Å². The molecule has 8 nitrogen and oxygen atoms in total. The fourth-order valence-electron chi connectivity index (χ4n) is 3.14. The van der Waals surface area contributed by atoms with Crippen LogP contribution in [0.5, 0.6) is 0 Å². The van der Waals surface area contributed by atoms with Crippen molar-refractivity contribution in [1.29, 1.82) is 0 Å². The van der Waals surface area contributed by atoms with Crippen LogP contribution < -0.4 is 5.69 Å². The number of carbonyl (C=O) groups is 2. The minimum absolute atomic E-state index is 0.0820. The number of methoxy groups -OCH3 is 1. The average molecular weight is 358 g/mol. The number of H-pyrrole nitrogens is 1. The van der Waals surface area contributed by atoms with Crippen LogP contribution in [0.25, 0.3) is 5.69 Å². The highest BCUT2D eigenvalue weighted by Crippen LogP contribution is 2.14. The number of rotatable bonds is 2. The maximum atomic E-state index is 12.7. The normalized spacial score (nSPS) is 14.8. The van der Waals surface area contributed by atoms with Crippen molar-refractivity contribution < 1.29 is 14.3 Å². The number of aryl methyl sites for hydroxylation is 1. The fraction of sp³-hybridized carbons (Fsp3) is 0.389. The first kappa shape index (κ1) is 17.8. The van der Waals surface area contributed by atoms with Gasteiger partial charge in [0, 0.05) is 43.6 Å². The zero-order chi connectivity index (χ0) is 18.7. The number of aromatic amines is 1.